The molecule has 0 radical (unpaired) electrons. The first kappa shape index (κ1) is 36.8. The van der Waals surface area contributed by atoms with Gasteiger partial charge in [-0.3, -0.25) is 0 Å². The molecule has 0 heterocycles. The smallest absolute Gasteiger partial charge is 0.343 e. The van der Waals surface area contributed by atoms with Gasteiger partial charge < -0.3 is 14.6 Å². The number of ether oxygens (including phenoxy) is 2. The SMILES string of the molecule is Cc1cc([S+](c2ccccc2)c2ccccc2)cc(C)c1OC(=O)c1cccc(C(O)Oc2c(C)cc([S+](c3ccccc3)c3ccccc3)cc2C)c1. The Morgan fingerprint density at radius 3 is 1.22 bits per heavy atom. The van der Waals surface area contributed by atoms with Gasteiger partial charge in [0.05, 0.1) is 27.4 Å². The van der Waals surface area contributed by atoms with Crippen LogP contribution in [0.5, 0.6) is 11.5 Å². The maximum atomic E-state index is 13.6. The monoisotopic (exact) mass is 746 g/mol. The molecule has 0 spiro atoms. The fourth-order valence-corrected chi connectivity index (χ4v) is 11.1. The summed E-state index contributed by atoms with van der Waals surface area (Å²) < 4.78 is 12.3. The van der Waals surface area contributed by atoms with E-state index in [1.54, 1.807) is 24.3 Å². The van der Waals surface area contributed by atoms with E-state index in [0.29, 0.717) is 22.6 Å². The van der Waals surface area contributed by atoms with Crippen LogP contribution in [0.25, 0.3) is 0 Å². The van der Waals surface area contributed by atoms with Crippen molar-refractivity contribution >= 4 is 27.8 Å². The molecule has 1 N–H and O–H groups in total. The molecular formula is C48H42O4S2+2. The van der Waals surface area contributed by atoms with Crippen molar-refractivity contribution in [1.82, 2.24) is 0 Å². The van der Waals surface area contributed by atoms with Crippen molar-refractivity contribution in [3.63, 3.8) is 0 Å². The molecule has 54 heavy (non-hydrogen) atoms. The standard InChI is InChI=1S/C48H42O4S2/c1-33-28-43(53(39-20-9-5-10-21-39)40-22-11-6-12-23-40)29-34(2)45(33)51-47(49)37-18-17-19-38(32-37)48(50)52-46-35(3)30-44(31-36(46)4)54(41-24-13-7-14-25-41)42-26-15-8-16-27-42/h5-32,47,49H,1-4H3/q+2. The third-order valence-electron chi connectivity index (χ3n) is 9.09. The number of aryl methyl sites for hydroxylation is 4. The molecule has 7 aromatic carbocycles. The third kappa shape index (κ3) is 8.17. The van der Waals surface area contributed by atoms with Gasteiger partial charge in [-0.15, -0.1) is 0 Å². The zero-order valence-corrected chi connectivity index (χ0v) is 32.4. The zero-order valence-electron chi connectivity index (χ0n) is 30.7. The fourth-order valence-electron chi connectivity index (χ4n) is 6.60. The largest absolute Gasteiger partial charge is 0.460 e. The van der Waals surface area contributed by atoms with Crippen molar-refractivity contribution in [1.29, 1.82) is 0 Å². The molecule has 1 atom stereocenters. The number of rotatable bonds is 11. The van der Waals surface area contributed by atoms with Gasteiger partial charge >= 0.3 is 5.97 Å². The number of aliphatic hydroxyl groups excluding tert-OH is 1. The molecule has 4 nitrogen and oxygen atoms in total. The van der Waals surface area contributed by atoms with E-state index in [4.69, 9.17) is 9.47 Å². The van der Waals surface area contributed by atoms with Crippen molar-refractivity contribution in [3.05, 3.63) is 203 Å². The number of carbonyl (C=O) groups excluding carboxylic acids is 1. The molecule has 0 aliphatic rings. The average molecular weight is 747 g/mol. The van der Waals surface area contributed by atoms with Gasteiger partial charge in [0.2, 0.25) is 6.29 Å². The minimum atomic E-state index is -1.29. The van der Waals surface area contributed by atoms with Crippen LogP contribution in [0.4, 0.5) is 0 Å². The van der Waals surface area contributed by atoms with Crippen molar-refractivity contribution in [2.45, 2.75) is 63.4 Å². The Hall–Kier alpha value is -5.53. The van der Waals surface area contributed by atoms with Gasteiger partial charge in [-0.05, 0) is 111 Å². The maximum absolute atomic E-state index is 13.6. The highest BCUT2D eigenvalue weighted by atomic mass is 32.2. The van der Waals surface area contributed by atoms with Gasteiger partial charge in [-0.2, -0.15) is 0 Å². The van der Waals surface area contributed by atoms with E-state index < -0.39 is 12.3 Å². The minimum absolute atomic E-state index is 0.312. The topological polar surface area (TPSA) is 55.8 Å². The minimum Gasteiger partial charge on any atom is -0.460 e. The number of hydrogen-bond acceptors (Lipinski definition) is 4. The summed E-state index contributed by atoms with van der Waals surface area (Å²) in [4.78, 5) is 20.8. The summed E-state index contributed by atoms with van der Waals surface area (Å²) in [5.41, 5.74) is 4.36. The highest BCUT2D eigenvalue weighted by molar-refractivity contribution is 7.97. The summed E-state index contributed by atoms with van der Waals surface area (Å²) in [6.45, 7) is 7.95. The molecule has 0 aliphatic heterocycles. The number of hydrogen-bond donors (Lipinski definition) is 1. The normalized spacial score (nSPS) is 11.8. The van der Waals surface area contributed by atoms with Gasteiger partial charge in [-0.25, -0.2) is 4.79 Å². The van der Waals surface area contributed by atoms with Gasteiger partial charge in [-0.1, -0.05) is 84.9 Å². The quantitative estimate of drug-likeness (QED) is 0.0620. The van der Waals surface area contributed by atoms with Crippen molar-refractivity contribution in [3.8, 4) is 11.5 Å². The Balaban J connectivity index is 1.10. The molecule has 0 fully saturated rings. The zero-order chi connectivity index (χ0) is 37.6. The molecule has 0 aliphatic carbocycles. The predicted octanol–water partition coefficient (Wildman–Crippen LogP) is 11.4. The van der Waals surface area contributed by atoms with Gasteiger partial charge in [0.15, 0.2) is 29.4 Å². The lowest BCUT2D eigenvalue weighted by Crippen LogP contribution is -2.14. The highest BCUT2D eigenvalue weighted by Crippen LogP contribution is 2.38. The Labute approximate surface area is 323 Å². The molecular weight excluding hydrogens is 705 g/mol. The highest BCUT2D eigenvalue weighted by Gasteiger charge is 2.31. The number of esters is 1. The molecule has 0 saturated heterocycles. The number of benzene rings is 7. The molecule has 7 aromatic rings. The molecule has 0 aromatic heterocycles. The van der Waals surface area contributed by atoms with E-state index in [-0.39, 0.29) is 21.8 Å². The summed E-state index contributed by atoms with van der Waals surface area (Å²) in [5.74, 6) is 0.644. The molecule has 6 heteroatoms. The Bertz CT molecular complexity index is 2240. The second-order valence-electron chi connectivity index (χ2n) is 13.1. The van der Waals surface area contributed by atoms with Gasteiger partial charge in [0, 0.05) is 29.8 Å². The van der Waals surface area contributed by atoms with Crippen LogP contribution in [0.1, 0.15) is 44.5 Å². The van der Waals surface area contributed by atoms with Crippen LogP contribution in [0.3, 0.4) is 0 Å². The van der Waals surface area contributed by atoms with E-state index in [9.17, 15) is 9.90 Å². The second-order valence-corrected chi connectivity index (χ2v) is 17.2. The maximum Gasteiger partial charge on any atom is 0.343 e. The first-order valence-corrected chi connectivity index (χ1v) is 20.3. The fraction of sp³-hybridized carbons (Fsp3) is 0.104. The van der Waals surface area contributed by atoms with E-state index in [1.807, 2.05) is 52.0 Å². The van der Waals surface area contributed by atoms with Crippen LogP contribution >= 0.6 is 0 Å². The molecule has 268 valence electrons. The predicted molar refractivity (Wildman–Crippen MR) is 219 cm³/mol. The lowest BCUT2D eigenvalue weighted by molar-refractivity contribution is -0.0204. The van der Waals surface area contributed by atoms with Crippen LogP contribution in [0.15, 0.2) is 199 Å². The van der Waals surface area contributed by atoms with E-state index in [0.717, 1.165) is 27.1 Å². The third-order valence-corrected chi connectivity index (χ3v) is 13.5. The van der Waals surface area contributed by atoms with E-state index in [2.05, 4.69) is 121 Å². The van der Waals surface area contributed by atoms with E-state index in [1.165, 1.54) is 24.5 Å². The van der Waals surface area contributed by atoms with Crippen molar-refractivity contribution < 1.29 is 19.4 Å². The van der Waals surface area contributed by atoms with Gasteiger partial charge in [0.25, 0.3) is 0 Å². The van der Waals surface area contributed by atoms with Crippen LogP contribution < -0.4 is 9.47 Å². The summed E-state index contributed by atoms with van der Waals surface area (Å²) in [6.07, 6.45) is -1.29. The summed E-state index contributed by atoms with van der Waals surface area (Å²) in [6, 6.07) is 57.3. The number of aliphatic hydroxyl groups is 1. The van der Waals surface area contributed by atoms with Crippen LogP contribution in [-0.2, 0) is 21.8 Å². The molecule has 0 bridgehead atoms. The molecule has 1 unspecified atom stereocenters. The summed E-state index contributed by atoms with van der Waals surface area (Å²) in [7, 11) is -0.636. The van der Waals surface area contributed by atoms with Crippen molar-refractivity contribution in [2.75, 3.05) is 0 Å². The summed E-state index contributed by atoms with van der Waals surface area (Å²) in [5, 5.41) is 11.3. The van der Waals surface area contributed by atoms with Crippen LogP contribution in [0, 0.1) is 27.7 Å². The van der Waals surface area contributed by atoms with Crippen LogP contribution in [-0.4, -0.2) is 11.1 Å². The average Bonchev–Trinajstić information content (AvgIpc) is 3.19. The molecule has 7 rings (SSSR count). The Kier molecular flexibility index (Phi) is 11.3. The summed E-state index contributed by atoms with van der Waals surface area (Å²) >= 11 is 0. The second kappa shape index (κ2) is 16.6. The first-order chi connectivity index (χ1) is 26.3. The lowest BCUT2D eigenvalue weighted by atomic mass is 10.1. The van der Waals surface area contributed by atoms with Crippen molar-refractivity contribution in [2.24, 2.45) is 0 Å². The van der Waals surface area contributed by atoms with E-state index >= 15 is 0 Å². The van der Waals surface area contributed by atoms with Gasteiger partial charge in [0.1, 0.15) is 11.5 Å². The molecule has 0 saturated carbocycles. The Morgan fingerprint density at radius 1 is 0.463 bits per heavy atom. The Morgan fingerprint density at radius 2 is 0.833 bits per heavy atom. The first-order valence-electron chi connectivity index (χ1n) is 17.8. The number of carbonyl (C=O) groups is 1. The lowest BCUT2D eigenvalue weighted by Gasteiger charge is -2.19. The van der Waals surface area contributed by atoms with Crippen LogP contribution in [0.2, 0.25) is 0 Å². The molecule has 0 amide bonds.